The number of benzene rings is 1. The van der Waals surface area contributed by atoms with Gasteiger partial charge in [-0.1, -0.05) is 13.0 Å². The minimum atomic E-state index is -0.0766. The van der Waals surface area contributed by atoms with Crippen LogP contribution in [0.2, 0.25) is 0 Å². The van der Waals surface area contributed by atoms with Gasteiger partial charge in [-0.15, -0.1) is 0 Å². The van der Waals surface area contributed by atoms with E-state index in [1.165, 1.54) is 0 Å². The fourth-order valence-corrected chi connectivity index (χ4v) is 1.60. The Morgan fingerprint density at radius 3 is 3.05 bits per heavy atom. The van der Waals surface area contributed by atoms with Crippen LogP contribution in [0.25, 0.3) is 0 Å². The van der Waals surface area contributed by atoms with Crippen molar-refractivity contribution < 1.29 is 9.53 Å². The third kappa shape index (κ3) is 5.40. The summed E-state index contributed by atoms with van der Waals surface area (Å²) in [5.41, 5.74) is 6.09. The van der Waals surface area contributed by atoms with E-state index >= 15 is 0 Å². The monoisotopic (exact) mass is 261 g/mol. The first-order valence-electron chi connectivity index (χ1n) is 6.28. The Bertz CT molecular complexity index is 454. The number of nitriles is 1. The van der Waals surface area contributed by atoms with Crippen molar-refractivity contribution in [2.24, 2.45) is 11.7 Å². The Labute approximate surface area is 113 Å². The summed E-state index contributed by atoms with van der Waals surface area (Å²) in [4.78, 5) is 11.9. The maximum Gasteiger partial charge on any atom is 0.227 e. The average Bonchev–Trinajstić information content (AvgIpc) is 2.42. The van der Waals surface area contributed by atoms with Crippen LogP contribution in [-0.4, -0.2) is 19.1 Å². The van der Waals surface area contributed by atoms with E-state index < -0.39 is 0 Å². The van der Waals surface area contributed by atoms with Gasteiger partial charge in [0.2, 0.25) is 5.91 Å². The van der Waals surface area contributed by atoms with E-state index in [-0.39, 0.29) is 18.4 Å². The summed E-state index contributed by atoms with van der Waals surface area (Å²) in [6.45, 7) is 2.46. The number of carbonyl (C=O) groups is 1. The van der Waals surface area contributed by atoms with Gasteiger partial charge in [0.05, 0.1) is 0 Å². The molecule has 0 aliphatic heterocycles. The van der Waals surface area contributed by atoms with Gasteiger partial charge in [-0.3, -0.25) is 4.79 Å². The zero-order chi connectivity index (χ0) is 14.1. The molecule has 0 aromatic heterocycles. The molecule has 0 bridgehead atoms. The van der Waals surface area contributed by atoms with Gasteiger partial charge < -0.3 is 15.8 Å². The number of nitrogens with zero attached hydrogens (tertiary/aromatic N) is 1. The van der Waals surface area contributed by atoms with Crippen molar-refractivity contribution in [3.05, 3.63) is 24.3 Å². The Balaban J connectivity index is 2.56. The summed E-state index contributed by atoms with van der Waals surface area (Å²) in [5, 5.41) is 11.3. The molecule has 1 atom stereocenters. The predicted octanol–water partition coefficient (Wildman–Crippen LogP) is 1.90. The van der Waals surface area contributed by atoms with Gasteiger partial charge in [0.1, 0.15) is 11.8 Å². The van der Waals surface area contributed by atoms with Crippen LogP contribution in [0.1, 0.15) is 19.8 Å². The number of nitrogens with two attached hydrogens (primary N) is 1. The zero-order valence-electron chi connectivity index (χ0n) is 11.1. The molecule has 102 valence electrons. The number of amides is 1. The van der Waals surface area contributed by atoms with Gasteiger partial charge >= 0.3 is 0 Å². The third-order valence-corrected chi connectivity index (χ3v) is 2.69. The highest BCUT2D eigenvalue weighted by Crippen LogP contribution is 2.18. The van der Waals surface area contributed by atoms with Crippen molar-refractivity contribution in [2.75, 3.05) is 18.5 Å². The number of ether oxygens (including phenoxy) is 1. The zero-order valence-corrected chi connectivity index (χ0v) is 11.1. The van der Waals surface area contributed by atoms with Crippen LogP contribution in [0, 0.1) is 17.2 Å². The first kappa shape index (κ1) is 15.0. The first-order chi connectivity index (χ1) is 9.17. The Hall–Kier alpha value is -2.06. The first-order valence-corrected chi connectivity index (χ1v) is 6.28. The Kier molecular flexibility index (Phi) is 6.41. The highest BCUT2D eigenvalue weighted by atomic mass is 16.5. The van der Waals surface area contributed by atoms with Crippen molar-refractivity contribution >= 4 is 11.6 Å². The summed E-state index contributed by atoms with van der Waals surface area (Å²) >= 11 is 0. The minimum Gasteiger partial charge on any atom is -0.479 e. The van der Waals surface area contributed by atoms with Crippen molar-refractivity contribution in [1.29, 1.82) is 5.26 Å². The highest BCUT2D eigenvalue weighted by Gasteiger charge is 2.12. The van der Waals surface area contributed by atoms with Crippen molar-refractivity contribution in [2.45, 2.75) is 19.8 Å². The summed E-state index contributed by atoms with van der Waals surface area (Å²) in [7, 11) is 0. The molecule has 0 aliphatic rings. The number of anilines is 1. The maximum absolute atomic E-state index is 11.9. The second-order valence-corrected chi connectivity index (χ2v) is 4.30. The molecule has 1 rings (SSSR count). The molecule has 0 saturated heterocycles. The molecule has 1 aromatic rings. The number of hydrogen-bond donors (Lipinski definition) is 2. The van der Waals surface area contributed by atoms with Crippen LogP contribution >= 0.6 is 0 Å². The highest BCUT2D eigenvalue weighted by molar-refractivity contribution is 5.92. The summed E-state index contributed by atoms with van der Waals surface area (Å²) in [5.74, 6) is 0.451. The van der Waals surface area contributed by atoms with Crippen LogP contribution in [0.4, 0.5) is 5.69 Å². The molecule has 19 heavy (non-hydrogen) atoms. The molecular weight excluding hydrogens is 242 g/mol. The van der Waals surface area contributed by atoms with E-state index in [1.54, 1.807) is 24.3 Å². The second kappa shape index (κ2) is 8.11. The molecule has 1 aromatic carbocycles. The number of hydrogen-bond acceptors (Lipinski definition) is 4. The SMILES string of the molecule is CC(CCCN)C(=O)Nc1cccc(OCC#N)c1. The fraction of sp³-hybridized carbons (Fsp3) is 0.429. The Morgan fingerprint density at radius 1 is 1.58 bits per heavy atom. The topological polar surface area (TPSA) is 88.1 Å². The van der Waals surface area contributed by atoms with E-state index in [9.17, 15) is 4.79 Å². The lowest BCUT2D eigenvalue weighted by molar-refractivity contribution is -0.119. The molecule has 0 radical (unpaired) electrons. The molecule has 5 nitrogen and oxygen atoms in total. The third-order valence-electron chi connectivity index (χ3n) is 2.69. The van der Waals surface area contributed by atoms with E-state index in [1.807, 2.05) is 13.0 Å². The standard InChI is InChI=1S/C14H19N3O2/c1-11(4-3-7-15)14(18)17-12-5-2-6-13(10-12)19-9-8-16/h2,5-6,10-11H,3-4,7,9,15H2,1H3,(H,17,18). The van der Waals surface area contributed by atoms with Crippen molar-refractivity contribution in [3.8, 4) is 11.8 Å². The largest absolute Gasteiger partial charge is 0.479 e. The summed E-state index contributed by atoms with van der Waals surface area (Å²) < 4.78 is 5.17. The molecule has 1 unspecified atom stereocenters. The lowest BCUT2D eigenvalue weighted by Crippen LogP contribution is -2.21. The van der Waals surface area contributed by atoms with Gasteiger partial charge in [0, 0.05) is 17.7 Å². The molecule has 5 heteroatoms. The van der Waals surface area contributed by atoms with Crippen LogP contribution in [0.15, 0.2) is 24.3 Å². The maximum atomic E-state index is 11.9. The average molecular weight is 261 g/mol. The number of nitrogens with one attached hydrogen (secondary N) is 1. The quantitative estimate of drug-likeness (QED) is 0.784. The van der Waals surface area contributed by atoms with Crippen molar-refractivity contribution in [3.63, 3.8) is 0 Å². The van der Waals surface area contributed by atoms with Gasteiger partial charge in [-0.2, -0.15) is 5.26 Å². The van der Waals surface area contributed by atoms with Gasteiger partial charge in [-0.05, 0) is 31.5 Å². The molecule has 0 fully saturated rings. The van der Waals surface area contributed by atoms with E-state index in [4.69, 9.17) is 15.7 Å². The normalized spacial score (nSPS) is 11.4. The molecule has 0 spiro atoms. The van der Waals surface area contributed by atoms with Crippen molar-refractivity contribution in [1.82, 2.24) is 0 Å². The fourth-order valence-electron chi connectivity index (χ4n) is 1.60. The van der Waals surface area contributed by atoms with Gasteiger partial charge in [-0.25, -0.2) is 0 Å². The van der Waals surface area contributed by atoms with Crippen LogP contribution < -0.4 is 15.8 Å². The summed E-state index contributed by atoms with van der Waals surface area (Å²) in [6, 6.07) is 8.89. The lowest BCUT2D eigenvalue weighted by atomic mass is 10.0. The van der Waals surface area contributed by atoms with Crippen LogP contribution in [-0.2, 0) is 4.79 Å². The van der Waals surface area contributed by atoms with E-state index in [2.05, 4.69) is 5.32 Å². The van der Waals surface area contributed by atoms with E-state index in [0.717, 1.165) is 12.8 Å². The molecule has 3 N–H and O–H groups in total. The van der Waals surface area contributed by atoms with Gasteiger partial charge in [0.25, 0.3) is 0 Å². The Morgan fingerprint density at radius 2 is 2.37 bits per heavy atom. The summed E-state index contributed by atoms with van der Waals surface area (Å²) in [6.07, 6.45) is 1.60. The smallest absolute Gasteiger partial charge is 0.227 e. The van der Waals surface area contributed by atoms with Gasteiger partial charge in [0.15, 0.2) is 6.61 Å². The molecule has 1 amide bonds. The lowest BCUT2D eigenvalue weighted by Gasteiger charge is -2.12. The molecule has 0 aliphatic carbocycles. The second-order valence-electron chi connectivity index (χ2n) is 4.30. The predicted molar refractivity (Wildman–Crippen MR) is 73.6 cm³/mol. The van der Waals surface area contributed by atoms with Crippen LogP contribution in [0.3, 0.4) is 0 Å². The molecular formula is C14H19N3O2. The minimum absolute atomic E-state index is 0.00962. The molecule has 0 heterocycles. The van der Waals surface area contributed by atoms with E-state index in [0.29, 0.717) is 18.0 Å². The van der Waals surface area contributed by atoms with Crippen LogP contribution in [0.5, 0.6) is 5.75 Å². The number of rotatable bonds is 7. The molecule has 0 saturated carbocycles. The number of carbonyl (C=O) groups excluding carboxylic acids is 1.